The Balaban J connectivity index is 1.74. The predicted octanol–water partition coefficient (Wildman–Crippen LogP) is 2.24. The molecule has 9 heteroatoms. The van der Waals surface area contributed by atoms with Crippen LogP contribution in [0.3, 0.4) is 0 Å². The summed E-state index contributed by atoms with van der Waals surface area (Å²) < 4.78 is 27.2. The summed E-state index contributed by atoms with van der Waals surface area (Å²) >= 11 is 6.71. The summed E-state index contributed by atoms with van der Waals surface area (Å²) in [5.74, 6) is -0.312. The molecule has 0 spiro atoms. The molecule has 1 aromatic carbocycles. The summed E-state index contributed by atoms with van der Waals surface area (Å²) in [5.41, 5.74) is 8.31. The van der Waals surface area contributed by atoms with Gasteiger partial charge >= 0.3 is 0 Å². The monoisotopic (exact) mass is 385 g/mol. The molecule has 0 atom stereocenters. The highest BCUT2D eigenvalue weighted by Crippen LogP contribution is 2.31. The second-order valence-electron chi connectivity index (χ2n) is 5.38. The van der Waals surface area contributed by atoms with E-state index in [-0.39, 0.29) is 16.7 Å². The van der Waals surface area contributed by atoms with Gasteiger partial charge in [-0.25, -0.2) is 13.1 Å². The van der Waals surface area contributed by atoms with Gasteiger partial charge in [-0.3, -0.25) is 4.79 Å². The molecule has 0 saturated carbocycles. The zero-order valence-electron chi connectivity index (χ0n) is 12.7. The molecule has 0 unspecified atom stereocenters. The maximum atomic E-state index is 12.5. The number of nitrogens with one attached hydrogen (secondary N) is 1. The van der Waals surface area contributed by atoms with Gasteiger partial charge in [0.1, 0.15) is 4.21 Å². The van der Waals surface area contributed by atoms with Gasteiger partial charge in [-0.2, -0.15) is 0 Å². The molecule has 0 bridgehead atoms. The van der Waals surface area contributed by atoms with E-state index in [1.165, 1.54) is 12.1 Å². The molecule has 1 amide bonds. The van der Waals surface area contributed by atoms with Crippen molar-refractivity contribution in [3.8, 4) is 0 Å². The molecule has 3 rings (SSSR count). The third kappa shape index (κ3) is 3.41. The number of hydrogen-bond acceptors (Lipinski definition) is 5. The Kier molecular flexibility index (Phi) is 4.82. The highest BCUT2D eigenvalue weighted by atomic mass is 35.5. The average Bonchev–Trinajstić information content (AvgIpc) is 3.00. The Morgan fingerprint density at radius 1 is 1.33 bits per heavy atom. The molecule has 1 aromatic heterocycles. The van der Waals surface area contributed by atoms with Crippen LogP contribution >= 0.6 is 22.9 Å². The van der Waals surface area contributed by atoms with Crippen molar-refractivity contribution in [1.29, 1.82) is 0 Å². The maximum Gasteiger partial charge on any atom is 0.250 e. The number of nitrogens with two attached hydrogens (primary N) is 1. The Bertz CT molecular complexity index is 880. The highest BCUT2D eigenvalue weighted by Gasteiger charge is 2.25. The zero-order chi connectivity index (χ0) is 17.3. The summed E-state index contributed by atoms with van der Waals surface area (Å²) in [6.45, 7) is 0.230. The smallest absolute Gasteiger partial charge is 0.250 e. The van der Waals surface area contributed by atoms with E-state index in [1.54, 1.807) is 17.0 Å². The molecule has 0 radical (unpaired) electrons. The van der Waals surface area contributed by atoms with Crippen LogP contribution in [0, 0.1) is 0 Å². The number of amides is 1. The Morgan fingerprint density at radius 3 is 2.83 bits per heavy atom. The molecule has 1 aliphatic heterocycles. The van der Waals surface area contributed by atoms with E-state index in [4.69, 9.17) is 17.3 Å². The zero-order valence-corrected chi connectivity index (χ0v) is 15.0. The van der Waals surface area contributed by atoms with Crippen LogP contribution in [0.15, 0.2) is 34.5 Å². The first-order chi connectivity index (χ1) is 11.4. The van der Waals surface area contributed by atoms with E-state index in [2.05, 4.69) is 4.72 Å². The van der Waals surface area contributed by atoms with E-state index < -0.39 is 10.0 Å². The second-order valence-corrected chi connectivity index (χ2v) is 9.09. The Morgan fingerprint density at radius 2 is 2.12 bits per heavy atom. The minimum absolute atomic E-state index is 0.0867. The van der Waals surface area contributed by atoms with E-state index >= 15 is 0 Å². The van der Waals surface area contributed by atoms with Gasteiger partial charge in [0.15, 0.2) is 0 Å². The highest BCUT2D eigenvalue weighted by molar-refractivity contribution is 7.91. The molecule has 1 aliphatic rings. The van der Waals surface area contributed by atoms with Crippen molar-refractivity contribution < 1.29 is 13.2 Å². The summed E-state index contributed by atoms with van der Waals surface area (Å²) in [6.07, 6.45) is 1.60. The third-order valence-corrected chi connectivity index (χ3v) is 6.94. The predicted molar refractivity (Wildman–Crippen MR) is 96.0 cm³/mol. The van der Waals surface area contributed by atoms with Crippen LogP contribution in [-0.2, 0) is 21.2 Å². The van der Waals surface area contributed by atoms with Gasteiger partial charge < -0.3 is 10.6 Å². The second kappa shape index (κ2) is 6.72. The van der Waals surface area contributed by atoms with Crippen LogP contribution < -0.4 is 15.4 Å². The minimum atomic E-state index is -3.75. The number of sulfonamides is 1. The van der Waals surface area contributed by atoms with Crippen molar-refractivity contribution in [1.82, 2.24) is 4.72 Å². The molecule has 2 heterocycles. The van der Waals surface area contributed by atoms with E-state index in [0.29, 0.717) is 16.6 Å². The van der Waals surface area contributed by atoms with Crippen molar-refractivity contribution in [2.45, 2.75) is 17.1 Å². The Labute approximate surface area is 149 Å². The molecule has 2 aromatic rings. The third-order valence-electron chi connectivity index (χ3n) is 3.81. The first-order valence-electron chi connectivity index (χ1n) is 7.31. The number of nitrogens with zero attached hydrogens (tertiary/aromatic N) is 1. The molecule has 24 heavy (non-hydrogen) atoms. The number of carbonyl (C=O) groups excluding carboxylic acids is 1. The van der Waals surface area contributed by atoms with Gasteiger partial charge in [-0.1, -0.05) is 17.7 Å². The fourth-order valence-electron chi connectivity index (χ4n) is 2.68. The fraction of sp³-hybridized carbons (Fsp3) is 0.267. The lowest BCUT2D eigenvalue weighted by molar-refractivity contribution is -0.117. The lowest BCUT2D eigenvalue weighted by Crippen LogP contribution is -2.42. The summed E-state index contributed by atoms with van der Waals surface area (Å²) in [7, 11) is -3.75. The van der Waals surface area contributed by atoms with Gasteiger partial charge in [-0.05, 0) is 42.7 Å². The summed E-state index contributed by atoms with van der Waals surface area (Å²) in [5, 5.41) is 0. The number of anilines is 2. The van der Waals surface area contributed by atoms with Gasteiger partial charge in [-0.15, -0.1) is 11.3 Å². The molecule has 3 N–H and O–H groups in total. The number of carbonyl (C=O) groups is 1. The standard InChI is InChI=1S/C15H16ClN3O3S2/c16-13-6-7-15(23-13)24(21,22)18-9-14(20)19-8-2-3-10-11(17)4-1-5-12(10)19/h1,4-7,18H,2-3,8-9,17H2. The molecule has 6 nitrogen and oxygen atoms in total. The molecule has 0 aliphatic carbocycles. The molecule has 128 valence electrons. The van der Waals surface area contributed by atoms with E-state index in [9.17, 15) is 13.2 Å². The van der Waals surface area contributed by atoms with Crippen LogP contribution in [0.2, 0.25) is 4.34 Å². The van der Waals surface area contributed by atoms with Crippen molar-refractivity contribution in [2.75, 3.05) is 23.7 Å². The first kappa shape index (κ1) is 17.2. The van der Waals surface area contributed by atoms with Crippen molar-refractivity contribution in [3.63, 3.8) is 0 Å². The summed E-state index contributed by atoms with van der Waals surface area (Å²) in [6, 6.07) is 8.34. The van der Waals surface area contributed by atoms with Crippen molar-refractivity contribution in [3.05, 3.63) is 40.2 Å². The van der Waals surface area contributed by atoms with E-state index in [1.807, 2.05) is 6.07 Å². The number of benzene rings is 1. The van der Waals surface area contributed by atoms with Gasteiger partial charge in [0, 0.05) is 17.9 Å². The van der Waals surface area contributed by atoms with Crippen LogP contribution in [-0.4, -0.2) is 27.4 Å². The van der Waals surface area contributed by atoms with E-state index in [0.717, 1.165) is 35.4 Å². The minimum Gasteiger partial charge on any atom is -0.398 e. The number of nitrogen functional groups attached to an aromatic ring is 1. The molecule has 0 fully saturated rings. The number of thiophene rings is 1. The molecular formula is C15H16ClN3O3S2. The maximum absolute atomic E-state index is 12.5. The average molecular weight is 386 g/mol. The topological polar surface area (TPSA) is 92.5 Å². The van der Waals surface area contributed by atoms with Gasteiger partial charge in [0.2, 0.25) is 5.91 Å². The lowest BCUT2D eigenvalue weighted by Gasteiger charge is -2.30. The quantitative estimate of drug-likeness (QED) is 0.789. The van der Waals surface area contributed by atoms with Crippen LogP contribution in [0.4, 0.5) is 11.4 Å². The fourth-order valence-corrected chi connectivity index (χ4v) is 5.18. The number of rotatable bonds is 4. The lowest BCUT2D eigenvalue weighted by atomic mass is 10.00. The van der Waals surface area contributed by atoms with Crippen molar-refractivity contribution >= 4 is 50.2 Å². The van der Waals surface area contributed by atoms with Crippen LogP contribution in [0.1, 0.15) is 12.0 Å². The molecular weight excluding hydrogens is 370 g/mol. The van der Waals surface area contributed by atoms with Gasteiger partial charge in [0.25, 0.3) is 10.0 Å². The van der Waals surface area contributed by atoms with Gasteiger partial charge in [0.05, 0.1) is 10.9 Å². The van der Waals surface area contributed by atoms with Crippen LogP contribution in [0.5, 0.6) is 0 Å². The number of hydrogen-bond donors (Lipinski definition) is 2. The Hall–Kier alpha value is -1.61. The van der Waals surface area contributed by atoms with Crippen LogP contribution in [0.25, 0.3) is 0 Å². The SMILES string of the molecule is Nc1cccc2c1CCCN2C(=O)CNS(=O)(=O)c1ccc(Cl)s1. The normalized spacial score (nSPS) is 14.5. The number of halogens is 1. The molecule has 0 saturated heterocycles. The number of fused-ring (bicyclic) bond motifs is 1. The largest absolute Gasteiger partial charge is 0.398 e. The summed E-state index contributed by atoms with van der Waals surface area (Å²) in [4.78, 5) is 14.1. The first-order valence-corrected chi connectivity index (χ1v) is 9.99. The van der Waals surface area contributed by atoms with Crippen molar-refractivity contribution in [2.24, 2.45) is 0 Å².